The van der Waals surface area contributed by atoms with Gasteiger partial charge in [0.25, 0.3) is 0 Å². The van der Waals surface area contributed by atoms with E-state index in [1.165, 1.54) is 6.33 Å². The van der Waals surface area contributed by atoms with E-state index in [0.29, 0.717) is 11.0 Å². The van der Waals surface area contributed by atoms with Gasteiger partial charge in [-0.2, -0.15) is 15.2 Å². The Kier molecular flexibility index (Phi) is 4.12. The van der Waals surface area contributed by atoms with Gasteiger partial charge in [-0.25, -0.2) is 9.78 Å². The summed E-state index contributed by atoms with van der Waals surface area (Å²) in [7, 11) is 0. The van der Waals surface area contributed by atoms with Crippen LogP contribution in [0.3, 0.4) is 0 Å². The lowest BCUT2D eigenvalue weighted by Crippen LogP contribution is -2.16. The highest BCUT2D eigenvalue weighted by atomic mass is 35.5. The van der Waals surface area contributed by atoms with Crippen molar-refractivity contribution in [2.75, 3.05) is 5.32 Å². The predicted molar refractivity (Wildman–Crippen MR) is 86.8 cm³/mol. The molecule has 2 aromatic heterocycles. The maximum Gasteiger partial charge on any atom is 0.231 e. The Morgan fingerprint density at radius 3 is 2.70 bits per heavy atom. The van der Waals surface area contributed by atoms with E-state index in [4.69, 9.17) is 11.6 Å². The van der Waals surface area contributed by atoms with Gasteiger partial charge < -0.3 is 0 Å². The van der Waals surface area contributed by atoms with Gasteiger partial charge in [-0.05, 0) is 38.1 Å². The summed E-state index contributed by atoms with van der Waals surface area (Å²) in [6, 6.07) is 7.40. The van der Waals surface area contributed by atoms with E-state index in [0.717, 1.165) is 22.6 Å². The number of hydrogen-bond acceptors (Lipinski definition) is 4. The highest BCUT2D eigenvalue weighted by Crippen LogP contribution is 2.20. The van der Waals surface area contributed by atoms with E-state index >= 15 is 0 Å². The highest BCUT2D eigenvalue weighted by Gasteiger charge is 2.16. The minimum Gasteiger partial charge on any atom is -0.295 e. The first-order valence-electron chi connectivity index (χ1n) is 7.01. The summed E-state index contributed by atoms with van der Waals surface area (Å²) in [6.07, 6.45) is 1.55. The molecule has 2 heterocycles. The number of aromatic amines is 1. The number of H-pyrrole nitrogens is 1. The molecule has 23 heavy (non-hydrogen) atoms. The minimum absolute atomic E-state index is 0.177. The van der Waals surface area contributed by atoms with Crippen LogP contribution in [0.25, 0.3) is 5.69 Å². The van der Waals surface area contributed by atoms with E-state index in [9.17, 15) is 4.79 Å². The summed E-state index contributed by atoms with van der Waals surface area (Å²) in [5.41, 5.74) is 3.51. The summed E-state index contributed by atoms with van der Waals surface area (Å²) in [5.74, 6) is 0.152. The number of aryl methyl sites for hydroxylation is 1. The number of nitrogens with one attached hydrogen (secondary N) is 2. The van der Waals surface area contributed by atoms with E-state index in [1.807, 2.05) is 42.8 Å². The Morgan fingerprint density at radius 1 is 1.30 bits per heavy atom. The van der Waals surface area contributed by atoms with Crippen LogP contribution in [0.1, 0.15) is 17.0 Å². The fourth-order valence-corrected chi connectivity index (χ4v) is 2.49. The second kappa shape index (κ2) is 6.21. The third-order valence-corrected chi connectivity index (χ3v) is 3.77. The van der Waals surface area contributed by atoms with E-state index in [2.05, 4.69) is 25.6 Å². The molecule has 0 saturated heterocycles. The molecular weight excluding hydrogens is 316 g/mol. The van der Waals surface area contributed by atoms with Crippen LogP contribution in [0.15, 0.2) is 30.6 Å². The lowest BCUT2D eigenvalue weighted by molar-refractivity contribution is -0.115. The molecule has 8 heteroatoms. The van der Waals surface area contributed by atoms with Gasteiger partial charge in [-0.15, -0.1) is 0 Å². The zero-order valence-electron chi connectivity index (χ0n) is 12.7. The van der Waals surface area contributed by atoms with Crippen molar-refractivity contribution in [2.24, 2.45) is 0 Å². The monoisotopic (exact) mass is 330 g/mol. The number of carbonyl (C=O) groups excluding carboxylic acids is 1. The van der Waals surface area contributed by atoms with Crippen LogP contribution in [0.2, 0.25) is 5.02 Å². The predicted octanol–water partition coefficient (Wildman–Crippen LogP) is 2.44. The van der Waals surface area contributed by atoms with Crippen molar-refractivity contribution in [3.05, 3.63) is 52.6 Å². The number of halogens is 1. The smallest absolute Gasteiger partial charge is 0.231 e. The lowest BCUT2D eigenvalue weighted by Gasteiger charge is -2.06. The molecular formula is C15H15ClN6O. The Labute approximate surface area is 137 Å². The van der Waals surface area contributed by atoms with Crippen molar-refractivity contribution in [3.8, 4) is 5.69 Å². The molecule has 0 bridgehead atoms. The molecule has 2 N–H and O–H groups in total. The number of hydrogen-bond donors (Lipinski definition) is 2. The van der Waals surface area contributed by atoms with Crippen molar-refractivity contribution < 1.29 is 4.79 Å². The summed E-state index contributed by atoms with van der Waals surface area (Å²) in [5, 5.41) is 14.1. The standard InChI is InChI=1S/C15H15ClN6O/c1-9-13(7-14(23)19-15-17-8-18-20-15)10(2)22(21-9)12-5-3-11(16)4-6-12/h3-6,8H,7H2,1-2H3,(H2,17,18,19,20,23). The molecule has 0 atom stereocenters. The van der Waals surface area contributed by atoms with Gasteiger partial charge in [0.15, 0.2) is 0 Å². The molecule has 0 aliphatic rings. The molecule has 1 aromatic carbocycles. The van der Waals surface area contributed by atoms with Crippen LogP contribution >= 0.6 is 11.6 Å². The van der Waals surface area contributed by atoms with E-state index < -0.39 is 0 Å². The summed E-state index contributed by atoms with van der Waals surface area (Å²) >= 11 is 5.92. The third kappa shape index (κ3) is 3.24. The first-order chi connectivity index (χ1) is 11.0. The fourth-order valence-electron chi connectivity index (χ4n) is 2.37. The summed E-state index contributed by atoms with van der Waals surface area (Å²) in [6.45, 7) is 3.82. The van der Waals surface area contributed by atoms with Gasteiger partial charge >= 0.3 is 0 Å². The van der Waals surface area contributed by atoms with Crippen LogP contribution in [0.4, 0.5) is 5.95 Å². The third-order valence-electron chi connectivity index (χ3n) is 3.52. The van der Waals surface area contributed by atoms with E-state index in [-0.39, 0.29) is 12.3 Å². The molecule has 0 radical (unpaired) electrons. The summed E-state index contributed by atoms with van der Waals surface area (Å²) < 4.78 is 1.81. The number of benzene rings is 1. The second-order valence-electron chi connectivity index (χ2n) is 5.10. The number of aromatic nitrogens is 5. The van der Waals surface area contributed by atoms with Crippen molar-refractivity contribution in [2.45, 2.75) is 20.3 Å². The molecule has 0 fully saturated rings. The van der Waals surface area contributed by atoms with Gasteiger partial charge in [0.1, 0.15) is 6.33 Å². The molecule has 118 valence electrons. The highest BCUT2D eigenvalue weighted by molar-refractivity contribution is 6.30. The molecule has 3 rings (SSSR count). The van der Waals surface area contributed by atoms with Gasteiger partial charge in [0.05, 0.1) is 17.8 Å². The maximum atomic E-state index is 12.1. The Morgan fingerprint density at radius 2 is 2.04 bits per heavy atom. The molecule has 0 saturated carbocycles. The van der Waals surface area contributed by atoms with Crippen molar-refractivity contribution in [1.29, 1.82) is 0 Å². The summed E-state index contributed by atoms with van der Waals surface area (Å²) in [4.78, 5) is 16.0. The number of amides is 1. The molecule has 0 aliphatic heterocycles. The van der Waals surface area contributed by atoms with Crippen LogP contribution in [0, 0.1) is 13.8 Å². The zero-order valence-corrected chi connectivity index (χ0v) is 13.4. The van der Waals surface area contributed by atoms with Crippen LogP contribution < -0.4 is 5.32 Å². The van der Waals surface area contributed by atoms with Crippen molar-refractivity contribution >= 4 is 23.5 Å². The molecule has 0 aliphatic carbocycles. The topological polar surface area (TPSA) is 88.5 Å². The minimum atomic E-state index is -0.177. The first-order valence-corrected chi connectivity index (χ1v) is 7.38. The molecule has 0 unspecified atom stereocenters. The van der Waals surface area contributed by atoms with Gasteiger partial charge in [-0.1, -0.05) is 11.6 Å². The van der Waals surface area contributed by atoms with Crippen LogP contribution in [-0.2, 0) is 11.2 Å². The molecule has 1 amide bonds. The quantitative estimate of drug-likeness (QED) is 0.769. The second-order valence-corrected chi connectivity index (χ2v) is 5.53. The van der Waals surface area contributed by atoms with Gasteiger partial charge in [0.2, 0.25) is 11.9 Å². The van der Waals surface area contributed by atoms with E-state index in [1.54, 1.807) is 0 Å². The van der Waals surface area contributed by atoms with Gasteiger partial charge in [0, 0.05) is 16.3 Å². The molecule has 3 aromatic rings. The van der Waals surface area contributed by atoms with Crippen molar-refractivity contribution in [3.63, 3.8) is 0 Å². The molecule has 7 nitrogen and oxygen atoms in total. The average molecular weight is 331 g/mol. The number of anilines is 1. The zero-order chi connectivity index (χ0) is 16.4. The Hall–Kier alpha value is -2.67. The van der Waals surface area contributed by atoms with Crippen LogP contribution in [0.5, 0.6) is 0 Å². The Bertz CT molecular complexity index is 823. The number of carbonyl (C=O) groups is 1. The number of rotatable bonds is 4. The van der Waals surface area contributed by atoms with Crippen molar-refractivity contribution in [1.82, 2.24) is 25.0 Å². The maximum absolute atomic E-state index is 12.1. The fraction of sp³-hybridized carbons (Fsp3) is 0.200. The van der Waals surface area contributed by atoms with Crippen LogP contribution in [-0.4, -0.2) is 30.9 Å². The Balaban J connectivity index is 1.83. The molecule has 0 spiro atoms. The average Bonchev–Trinajstić information content (AvgIpc) is 3.12. The van der Waals surface area contributed by atoms with Gasteiger partial charge in [-0.3, -0.25) is 10.1 Å². The number of nitrogens with zero attached hydrogens (tertiary/aromatic N) is 4. The SMILES string of the molecule is Cc1nn(-c2ccc(Cl)cc2)c(C)c1CC(=O)Nc1ncn[nH]1. The lowest BCUT2D eigenvalue weighted by atomic mass is 10.1. The first kappa shape index (κ1) is 15.2. The normalized spacial score (nSPS) is 10.7. The largest absolute Gasteiger partial charge is 0.295 e.